The van der Waals surface area contributed by atoms with E-state index in [1.54, 1.807) is 12.1 Å². The fraction of sp³-hybridized carbons (Fsp3) is 0.556. The maximum Gasteiger partial charge on any atom is 0.305 e. The summed E-state index contributed by atoms with van der Waals surface area (Å²) < 4.78 is 28.8. The van der Waals surface area contributed by atoms with E-state index in [0.29, 0.717) is 17.9 Å². The maximum absolute atomic E-state index is 12.0. The van der Waals surface area contributed by atoms with Crippen LogP contribution in [-0.2, 0) is 0 Å². The molecule has 1 aromatic rings. The predicted octanol–water partition coefficient (Wildman–Crippen LogP) is 6.10. The summed E-state index contributed by atoms with van der Waals surface area (Å²) in [6.07, 6.45) is 5.44. The van der Waals surface area contributed by atoms with Gasteiger partial charge in [0.1, 0.15) is 5.75 Å². The molecule has 1 saturated heterocycles. The van der Waals surface area contributed by atoms with Crippen LogP contribution < -0.4 is 4.74 Å². The van der Waals surface area contributed by atoms with Crippen molar-refractivity contribution in [1.29, 1.82) is 0 Å². The van der Waals surface area contributed by atoms with E-state index in [1.807, 2.05) is 12.1 Å². The highest BCUT2D eigenvalue weighted by atomic mass is 28.3. The summed E-state index contributed by atoms with van der Waals surface area (Å²) in [4.78, 5) is 0. The Balaban J connectivity index is 1.80. The number of ether oxygens (including phenoxy) is 1. The van der Waals surface area contributed by atoms with E-state index in [2.05, 4.69) is 6.92 Å². The maximum atomic E-state index is 12.0. The van der Waals surface area contributed by atoms with Crippen LogP contribution >= 0.6 is 0 Å². The molecular weight excluding hydrogens is 298 g/mol. The molecule has 0 N–H and O–H groups in total. The third-order valence-electron chi connectivity index (χ3n) is 4.70. The minimum Gasteiger partial charge on any atom is -0.459 e. The second kappa shape index (κ2) is 9.08. The van der Waals surface area contributed by atoms with E-state index in [-0.39, 0.29) is 0 Å². The molecule has 2 rings (SSSR count). The molecule has 0 unspecified atom stereocenters. The number of hydrogen-bond donors (Lipinski definition) is 0. The molecule has 1 fully saturated rings. The van der Waals surface area contributed by atoms with E-state index in [4.69, 9.17) is 4.74 Å². The molecule has 0 aliphatic carbocycles. The first kappa shape index (κ1) is 17.2. The van der Waals surface area contributed by atoms with Crippen LogP contribution in [0.25, 0.3) is 0 Å². The predicted molar refractivity (Wildman–Crippen MR) is 90.4 cm³/mol. The Kier molecular flexibility index (Phi) is 7.10. The van der Waals surface area contributed by atoms with Crippen LogP contribution in [0.3, 0.4) is 0 Å². The molecule has 0 radical (unpaired) electrons. The van der Waals surface area contributed by atoms with Crippen molar-refractivity contribution < 1.29 is 13.5 Å². The average Bonchev–Trinajstić information content (AvgIpc) is 2.54. The Morgan fingerprint density at radius 2 is 1.86 bits per heavy atom. The fourth-order valence-corrected chi connectivity index (χ4v) is 6.88. The third-order valence-corrected chi connectivity index (χ3v) is 8.22. The molecule has 0 saturated carbocycles. The van der Waals surface area contributed by atoms with Crippen LogP contribution in [0.15, 0.2) is 36.6 Å². The standard InChI is InChI=1S/C18H26F2OSi/c1-2-3-4-11-22-12-9-16(10-13-22)15-5-7-17(8-6-15)21-14-18(19)20/h5-8,14,16,22H,2-4,9-13H2,1H3. The SMILES string of the molecule is CCCCC[SiH]1CCC(c2ccc(OC=C(F)F)cc2)CC1. The second-order valence-corrected chi connectivity index (χ2v) is 9.77. The van der Waals surface area contributed by atoms with Crippen LogP contribution in [0.1, 0.15) is 50.5 Å². The lowest BCUT2D eigenvalue weighted by molar-refractivity contribution is 0.365. The zero-order valence-electron chi connectivity index (χ0n) is 13.4. The molecule has 1 heterocycles. The largest absolute Gasteiger partial charge is 0.459 e. The van der Waals surface area contributed by atoms with E-state index in [0.717, 1.165) is 0 Å². The van der Waals surface area contributed by atoms with Gasteiger partial charge in [-0.25, -0.2) is 0 Å². The van der Waals surface area contributed by atoms with Crippen LogP contribution in [0.2, 0.25) is 18.1 Å². The van der Waals surface area contributed by atoms with E-state index in [1.165, 1.54) is 55.8 Å². The first-order valence-corrected chi connectivity index (χ1v) is 10.9. The van der Waals surface area contributed by atoms with Crippen molar-refractivity contribution in [3.8, 4) is 5.75 Å². The van der Waals surface area contributed by atoms with Gasteiger partial charge in [0.2, 0.25) is 0 Å². The smallest absolute Gasteiger partial charge is 0.305 e. The fourth-order valence-electron chi connectivity index (χ4n) is 3.40. The molecule has 0 bridgehead atoms. The Morgan fingerprint density at radius 1 is 1.18 bits per heavy atom. The van der Waals surface area contributed by atoms with Gasteiger partial charge in [-0.2, -0.15) is 8.78 Å². The van der Waals surface area contributed by atoms with Gasteiger partial charge in [-0.1, -0.05) is 56.5 Å². The minimum absolute atomic E-state index is 0.468. The van der Waals surface area contributed by atoms with Crippen molar-refractivity contribution in [3.63, 3.8) is 0 Å². The Bertz CT molecular complexity index is 460. The first-order chi connectivity index (χ1) is 10.7. The van der Waals surface area contributed by atoms with Gasteiger partial charge in [0, 0.05) is 8.80 Å². The molecule has 0 spiro atoms. The molecule has 22 heavy (non-hydrogen) atoms. The molecule has 0 atom stereocenters. The molecule has 122 valence electrons. The zero-order chi connectivity index (χ0) is 15.8. The first-order valence-electron chi connectivity index (χ1n) is 8.46. The number of hydrogen-bond acceptors (Lipinski definition) is 1. The van der Waals surface area contributed by atoms with Crippen LogP contribution in [0.5, 0.6) is 5.75 Å². The van der Waals surface area contributed by atoms with E-state index >= 15 is 0 Å². The van der Waals surface area contributed by atoms with Crippen molar-refractivity contribution >= 4 is 8.80 Å². The molecule has 4 heteroatoms. The Hall–Kier alpha value is -1.16. The average molecular weight is 324 g/mol. The van der Waals surface area contributed by atoms with Gasteiger partial charge >= 0.3 is 6.08 Å². The summed E-state index contributed by atoms with van der Waals surface area (Å²) >= 11 is 0. The summed E-state index contributed by atoms with van der Waals surface area (Å²) in [6, 6.07) is 12.1. The number of halogens is 2. The quantitative estimate of drug-likeness (QED) is 0.334. The molecule has 0 amide bonds. The Morgan fingerprint density at radius 3 is 2.45 bits per heavy atom. The minimum atomic E-state index is -1.81. The van der Waals surface area contributed by atoms with Crippen molar-refractivity contribution in [3.05, 3.63) is 42.2 Å². The molecule has 1 aliphatic rings. The van der Waals surface area contributed by atoms with Gasteiger partial charge in [-0.15, -0.1) is 0 Å². The van der Waals surface area contributed by atoms with Gasteiger partial charge in [-0.3, -0.25) is 0 Å². The van der Waals surface area contributed by atoms with Crippen molar-refractivity contribution in [1.82, 2.24) is 0 Å². The molecule has 0 aromatic heterocycles. The number of unbranched alkanes of at least 4 members (excludes halogenated alkanes) is 2. The molecule has 1 nitrogen and oxygen atoms in total. The van der Waals surface area contributed by atoms with Crippen molar-refractivity contribution in [2.75, 3.05) is 0 Å². The van der Waals surface area contributed by atoms with Gasteiger partial charge in [-0.05, 0) is 36.5 Å². The van der Waals surface area contributed by atoms with E-state index in [9.17, 15) is 8.78 Å². The highest BCUT2D eigenvalue weighted by Crippen LogP contribution is 2.35. The Labute approximate surface area is 134 Å². The normalized spacial score (nSPS) is 21.4. The lowest BCUT2D eigenvalue weighted by Crippen LogP contribution is -2.20. The van der Waals surface area contributed by atoms with Crippen LogP contribution in [0, 0.1) is 0 Å². The zero-order valence-corrected chi connectivity index (χ0v) is 14.5. The summed E-state index contributed by atoms with van der Waals surface area (Å²) in [5.41, 5.74) is 1.33. The second-order valence-electron chi connectivity index (χ2n) is 6.31. The summed E-state index contributed by atoms with van der Waals surface area (Å²) in [5, 5.41) is 0. The lowest BCUT2D eigenvalue weighted by atomic mass is 9.93. The van der Waals surface area contributed by atoms with Gasteiger partial charge in [0.15, 0.2) is 6.26 Å². The summed E-state index contributed by atoms with van der Waals surface area (Å²) in [5.74, 6) is 1.12. The topological polar surface area (TPSA) is 9.23 Å². The van der Waals surface area contributed by atoms with Gasteiger partial charge < -0.3 is 4.74 Å². The summed E-state index contributed by atoms with van der Waals surface area (Å²) in [7, 11) is -0.468. The van der Waals surface area contributed by atoms with Crippen LogP contribution in [-0.4, -0.2) is 8.80 Å². The molecule has 1 aromatic carbocycles. The van der Waals surface area contributed by atoms with E-state index < -0.39 is 14.9 Å². The third kappa shape index (κ3) is 5.56. The molecule has 1 aliphatic heterocycles. The van der Waals surface area contributed by atoms with Gasteiger partial charge in [0.05, 0.1) is 0 Å². The van der Waals surface area contributed by atoms with Gasteiger partial charge in [0.25, 0.3) is 0 Å². The van der Waals surface area contributed by atoms with Crippen molar-refractivity contribution in [2.24, 2.45) is 0 Å². The highest BCUT2D eigenvalue weighted by molar-refractivity contribution is 6.59. The number of rotatable bonds is 7. The van der Waals surface area contributed by atoms with Crippen molar-refractivity contribution in [2.45, 2.75) is 63.1 Å². The monoisotopic (exact) mass is 324 g/mol. The number of benzene rings is 1. The van der Waals surface area contributed by atoms with Crippen LogP contribution in [0.4, 0.5) is 8.78 Å². The molecular formula is C18H26F2OSi. The summed E-state index contributed by atoms with van der Waals surface area (Å²) in [6.45, 7) is 2.27. The highest BCUT2D eigenvalue weighted by Gasteiger charge is 2.22. The lowest BCUT2D eigenvalue weighted by Gasteiger charge is -2.28.